The number of nitrogens with two attached hydrogens (primary N) is 1. The topological polar surface area (TPSA) is 98.3 Å². The summed E-state index contributed by atoms with van der Waals surface area (Å²) in [6, 6.07) is 7.10. The number of rotatable bonds is 5. The van der Waals surface area contributed by atoms with Gasteiger partial charge in [-0.05, 0) is 43.2 Å². The first kappa shape index (κ1) is 19.8. The highest BCUT2D eigenvalue weighted by Gasteiger charge is 2.26. The molecule has 1 fully saturated rings. The van der Waals surface area contributed by atoms with Crippen molar-refractivity contribution in [3.63, 3.8) is 0 Å². The minimum absolute atomic E-state index is 0.0557. The van der Waals surface area contributed by atoms with E-state index in [2.05, 4.69) is 4.98 Å². The molecule has 1 aromatic carbocycles. The number of hydrogen-bond acceptors (Lipinski definition) is 4. The third kappa shape index (κ3) is 3.80. The van der Waals surface area contributed by atoms with Crippen molar-refractivity contribution in [1.82, 2.24) is 14.5 Å². The van der Waals surface area contributed by atoms with Crippen LogP contribution >= 0.6 is 0 Å². The Morgan fingerprint density at radius 3 is 2.47 bits per heavy atom. The van der Waals surface area contributed by atoms with Gasteiger partial charge in [0.25, 0.3) is 0 Å². The molecule has 1 aliphatic heterocycles. The Morgan fingerprint density at radius 1 is 1.10 bits per heavy atom. The van der Waals surface area contributed by atoms with Crippen LogP contribution in [0, 0.1) is 11.7 Å². The van der Waals surface area contributed by atoms with E-state index in [0.29, 0.717) is 48.0 Å². The molecule has 2 aromatic heterocycles. The average molecular weight is 408 g/mol. The molecule has 0 aliphatic carbocycles. The number of piperidine rings is 1. The molecule has 1 saturated heterocycles. The van der Waals surface area contributed by atoms with Crippen LogP contribution in [-0.2, 0) is 16.1 Å². The van der Waals surface area contributed by atoms with Crippen molar-refractivity contribution in [2.75, 3.05) is 13.1 Å². The fourth-order valence-electron chi connectivity index (χ4n) is 3.87. The highest BCUT2D eigenvalue weighted by Crippen LogP contribution is 2.24. The largest absolute Gasteiger partial charge is 0.369 e. The third-order valence-corrected chi connectivity index (χ3v) is 5.59. The van der Waals surface area contributed by atoms with E-state index in [0.717, 1.165) is 0 Å². The molecular formula is C22H21FN4O3. The van der Waals surface area contributed by atoms with Gasteiger partial charge in [0.15, 0.2) is 5.78 Å². The van der Waals surface area contributed by atoms with Gasteiger partial charge in [0, 0.05) is 47.9 Å². The summed E-state index contributed by atoms with van der Waals surface area (Å²) in [4.78, 5) is 43.0. The molecule has 2 N–H and O–H groups in total. The van der Waals surface area contributed by atoms with E-state index >= 15 is 0 Å². The Morgan fingerprint density at radius 2 is 1.80 bits per heavy atom. The number of ketones is 1. The Balaban J connectivity index is 1.58. The van der Waals surface area contributed by atoms with Crippen LogP contribution in [0.15, 0.2) is 48.9 Å². The Bertz CT molecular complexity index is 1120. The van der Waals surface area contributed by atoms with Crippen LogP contribution in [0.2, 0.25) is 0 Å². The van der Waals surface area contributed by atoms with Crippen molar-refractivity contribution in [2.45, 2.75) is 19.4 Å². The maximum Gasteiger partial charge on any atom is 0.242 e. The number of nitrogens with zero attached hydrogens (tertiary/aromatic N) is 3. The number of benzene rings is 1. The van der Waals surface area contributed by atoms with E-state index in [9.17, 15) is 18.8 Å². The van der Waals surface area contributed by atoms with Gasteiger partial charge < -0.3 is 15.2 Å². The number of amides is 2. The molecule has 154 valence electrons. The lowest BCUT2D eigenvalue weighted by atomic mass is 9.96. The molecule has 0 saturated carbocycles. The summed E-state index contributed by atoms with van der Waals surface area (Å²) >= 11 is 0. The van der Waals surface area contributed by atoms with Crippen molar-refractivity contribution < 1.29 is 18.8 Å². The van der Waals surface area contributed by atoms with Gasteiger partial charge in [-0.1, -0.05) is 0 Å². The van der Waals surface area contributed by atoms with E-state index < -0.39 is 5.82 Å². The predicted octanol–water partition coefficient (Wildman–Crippen LogP) is 2.13. The minimum atomic E-state index is -0.413. The van der Waals surface area contributed by atoms with Crippen molar-refractivity contribution >= 4 is 28.5 Å². The molecular weight excluding hydrogens is 387 g/mol. The SMILES string of the molecule is NC(=O)C1CCN(C(=O)Cn2cc(C(=O)c3ccc(F)cc3)c3ccncc32)CC1. The van der Waals surface area contributed by atoms with Crippen LogP contribution in [0.3, 0.4) is 0 Å². The molecule has 2 amide bonds. The molecule has 30 heavy (non-hydrogen) atoms. The lowest BCUT2D eigenvalue weighted by Crippen LogP contribution is -2.42. The summed E-state index contributed by atoms with van der Waals surface area (Å²) in [6.07, 6.45) is 5.97. The Kier molecular flexibility index (Phi) is 5.31. The van der Waals surface area contributed by atoms with Crippen molar-refractivity contribution in [3.8, 4) is 0 Å². The smallest absolute Gasteiger partial charge is 0.242 e. The number of likely N-dealkylation sites (tertiary alicyclic amines) is 1. The van der Waals surface area contributed by atoms with Gasteiger partial charge in [-0.2, -0.15) is 0 Å². The van der Waals surface area contributed by atoms with Crippen LogP contribution < -0.4 is 5.73 Å². The Labute approximate surface area is 172 Å². The summed E-state index contributed by atoms with van der Waals surface area (Å²) in [5.41, 5.74) is 6.82. The standard InChI is InChI=1S/C22H21FN4O3/c23-16-3-1-14(2-4-16)21(29)18-12-27(19-11-25-8-5-17(18)19)13-20(28)26-9-6-15(7-10-26)22(24)30/h1-5,8,11-12,15H,6-7,9-10,13H2,(H2,24,30). The molecule has 7 nitrogen and oxygen atoms in total. The molecule has 0 atom stereocenters. The van der Waals surface area contributed by atoms with Crippen molar-refractivity contribution in [2.24, 2.45) is 11.7 Å². The summed E-state index contributed by atoms with van der Waals surface area (Å²) in [6.45, 7) is 1.01. The monoisotopic (exact) mass is 408 g/mol. The summed E-state index contributed by atoms with van der Waals surface area (Å²) in [7, 11) is 0. The lowest BCUT2D eigenvalue weighted by Gasteiger charge is -2.30. The zero-order valence-electron chi connectivity index (χ0n) is 16.3. The number of carbonyl (C=O) groups excluding carboxylic acids is 3. The molecule has 4 rings (SSSR count). The molecule has 0 unspecified atom stereocenters. The fraction of sp³-hybridized carbons (Fsp3) is 0.273. The Hall–Kier alpha value is -3.55. The second-order valence-corrected chi connectivity index (χ2v) is 7.46. The van der Waals surface area contributed by atoms with E-state index in [-0.39, 0.29) is 30.1 Å². The van der Waals surface area contributed by atoms with E-state index in [1.54, 1.807) is 34.1 Å². The maximum absolute atomic E-state index is 13.2. The lowest BCUT2D eigenvalue weighted by molar-refractivity contribution is -0.135. The van der Waals surface area contributed by atoms with Crippen LogP contribution in [0.25, 0.3) is 10.9 Å². The molecule has 0 bridgehead atoms. The highest BCUT2D eigenvalue weighted by atomic mass is 19.1. The van der Waals surface area contributed by atoms with Crippen LogP contribution in [0.1, 0.15) is 28.8 Å². The minimum Gasteiger partial charge on any atom is -0.369 e. The van der Waals surface area contributed by atoms with Gasteiger partial charge in [-0.25, -0.2) is 4.39 Å². The van der Waals surface area contributed by atoms with E-state index in [4.69, 9.17) is 5.73 Å². The fourth-order valence-corrected chi connectivity index (χ4v) is 3.87. The molecule has 3 aromatic rings. The molecule has 3 heterocycles. The van der Waals surface area contributed by atoms with Crippen LogP contribution in [0.5, 0.6) is 0 Å². The molecule has 1 aliphatic rings. The number of hydrogen-bond donors (Lipinski definition) is 1. The molecule has 0 radical (unpaired) electrons. The average Bonchev–Trinajstić information content (AvgIpc) is 3.12. The van der Waals surface area contributed by atoms with Gasteiger partial charge in [-0.3, -0.25) is 19.4 Å². The van der Waals surface area contributed by atoms with E-state index in [1.165, 1.54) is 24.3 Å². The number of halogens is 1. The summed E-state index contributed by atoms with van der Waals surface area (Å²) in [5, 5.41) is 0.680. The van der Waals surface area contributed by atoms with Gasteiger partial charge in [0.2, 0.25) is 11.8 Å². The second-order valence-electron chi connectivity index (χ2n) is 7.46. The van der Waals surface area contributed by atoms with Crippen molar-refractivity contribution in [1.29, 1.82) is 0 Å². The summed E-state index contributed by atoms with van der Waals surface area (Å²) in [5.74, 6) is -1.28. The normalized spacial score (nSPS) is 14.8. The number of carbonyl (C=O) groups is 3. The first-order valence-corrected chi connectivity index (χ1v) is 9.74. The number of aromatic nitrogens is 2. The van der Waals surface area contributed by atoms with Crippen LogP contribution in [0.4, 0.5) is 4.39 Å². The third-order valence-electron chi connectivity index (χ3n) is 5.59. The van der Waals surface area contributed by atoms with Crippen molar-refractivity contribution in [3.05, 3.63) is 65.9 Å². The first-order chi connectivity index (χ1) is 14.4. The zero-order chi connectivity index (χ0) is 21.3. The highest BCUT2D eigenvalue weighted by molar-refractivity contribution is 6.16. The predicted molar refractivity (Wildman–Crippen MR) is 108 cm³/mol. The van der Waals surface area contributed by atoms with Gasteiger partial charge in [-0.15, -0.1) is 0 Å². The quantitative estimate of drug-likeness (QED) is 0.654. The summed E-state index contributed by atoms with van der Waals surface area (Å²) < 4.78 is 14.9. The first-order valence-electron chi connectivity index (χ1n) is 9.74. The van der Waals surface area contributed by atoms with Gasteiger partial charge >= 0.3 is 0 Å². The molecule has 8 heteroatoms. The molecule has 0 spiro atoms. The number of fused-ring (bicyclic) bond motifs is 1. The second kappa shape index (κ2) is 8.06. The number of primary amides is 1. The van der Waals surface area contributed by atoms with Crippen LogP contribution in [-0.4, -0.2) is 45.1 Å². The maximum atomic E-state index is 13.2. The van der Waals surface area contributed by atoms with Gasteiger partial charge in [0.1, 0.15) is 12.4 Å². The number of pyridine rings is 1. The van der Waals surface area contributed by atoms with Gasteiger partial charge in [0.05, 0.1) is 11.7 Å². The van der Waals surface area contributed by atoms with E-state index in [1.807, 2.05) is 0 Å². The zero-order valence-corrected chi connectivity index (χ0v) is 16.3.